The zero-order valence-electron chi connectivity index (χ0n) is 19.5. The number of nitrogen functional groups attached to an aromatic ring is 1. The molecule has 0 saturated heterocycles. The molecule has 0 fully saturated rings. The van der Waals surface area contributed by atoms with E-state index in [0.717, 1.165) is 39.0 Å². The predicted molar refractivity (Wildman–Crippen MR) is 132 cm³/mol. The summed E-state index contributed by atoms with van der Waals surface area (Å²) in [6, 6.07) is 13.9. The molecule has 0 saturated carbocycles. The van der Waals surface area contributed by atoms with Crippen molar-refractivity contribution in [3.8, 4) is 0 Å². The molecule has 3 N–H and O–H groups in total. The molecule has 33 heavy (non-hydrogen) atoms. The average Bonchev–Trinajstić information content (AvgIpc) is 2.78. The second kappa shape index (κ2) is 9.36. The summed E-state index contributed by atoms with van der Waals surface area (Å²) in [6.07, 6.45) is 4.27. The lowest BCUT2D eigenvalue weighted by atomic mass is 10.0. The maximum absolute atomic E-state index is 12.8. The zero-order chi connectivity index (χ0) is 23.5. The van der Waals surface area contributed by atoms with E-state index in [4.69, 9.17) is 5.73 Å². The SMILES string of the molecule is Cc1cc(N)nc(C)c1CNC(=O)c1ccnc(Cc2ccc3ncc(C(C)C)cc3c2)c1. The van der Waals surface area contributed by atoms with Gasteiger partial charge in [0, 0.05) is 47.7 Å². The molecule has 4 aromatic rings. The Balaban J connectivity index is 1.49. The molecule has 1 aromatic carbocycles. The van der Waals surface area contributed by atoms with Crippen LogP contribution in [-0.4, -0.2) is 20.9 Å². The van der Waals surface area contributed by atoms with Gasteiger partial charge in [0.15, 0.2) is 0 Å². The van der Waals surface area contributed by atoms with E-state index in [0.29, 0.717) is 30.3 Å². The number of hydrogen-bond donors (Lipinski definition) is 2. The van der Waals surface area contributed by atoms with Gasteiger partial charge in [-0.05, 0) is 78.4 Å². The Morgan fingerprint density at radius 1 is 1.06 bits per heavy atom. The van der Waals surface area contributed by atoms with Gasteiger partial charge in [-0.15, -0.1) is 0 Å². The number of amides is 1. The van der Waals surface area contributed by atoms with Gasteiger partial charge in [-0.25, -0.2) is 4.98 Å². The van der Waals surface area contributed by atoms with Crippen molar-refractivity contribution in [2.45, 2.75) is 46.6 Å². The van der Waals surface area contributed by atoms with E-state index in [1.54, 1.807) is 12.3 Å². The molecular weight excluding hydrogens is 410 g/mol. The standard InChI is InChI=1S/C27H29N5O/c1-16(2)22-12-21-10-19(5-6-25(21)30-14-22)11-23-13-20(7-8-29-23)27(33)31-15-24-17(3)9-26(28)32-18(24)4/h5-10,12-14,16H,11,15H2,1-4H3,(H2,28,32)(H,31,33). The van der Waals surface area contributed by atoms with Crippen LogP contribution in [0.2, 0.25) is 0 Å². The number of carbonyl (C=O) groups excluding carboxylic acids is 1. The lowest BCUT2D eigenvalue weighted by Crippen LogP contribution is -2.24. The van der Waals surface area contributed by atoms with Crippen LogP contribution < -0.4 is 11.1 Å². The highest BCUT2D eigenvalue weighted by Crippen LogP contribution is 2.21. The van der Waals surface area contributed by atoms with Crippen molar-refractivity contribution in [3.05, 3.63) is 94.1 Å². The highest BCUT2D eigenvalue weighted by atomic mass is 16.1. The van der Waals surface area contributed by atoms with Crippen LogP contribution in [0.5, 0.6) is 0 Å². The van der Waals surface area contributed by atoms with Crippen LogP contribution in [0.25, 0.3) is 10.9 Å². The van der Waals surface area contributed by atoms with Crippen molar-refractivity contribution in [1.82, 2.24) is 20.3 Å². The third-order valence-electron chi connectivity index (χ3n) is 5.90. The first-order valence-electron chi connectivity index (χ1n) is 11.1. The van der Waals surface area contributed by atoms with Crippen LogP contribution in [0, 0.1) is 13.8 Å². The first-order chi connectivity index (χ1) is 15.8. The first kappa shape index (κ1) is 22.4. The van der Waals surface area contributed by atoms with Crippen molar-refractivity contribution < 1.29 is 4.79 Å². The highest BCUT2D eigenvalue weighted by molar-refractivity contribution is 5.94. The third kappa shape index (κ3) is 5.17. The molecule has 1 amide bonds. The minimum atomic E-state index is -0.140. The monoisotopic (exact) mass is 439 g/mol. The number of rotatable bonds is 6. The van der Waals surface area contributed by atoms with Crippen LogP contribution in [0.4, 0.5) is 5.82 Å². The molecule has 0 spiro atoms. The predicted octanol–water partition coefficient (Wildman–Crippen LogP) is 4.87. The van der Waals surface area contributed by atoms with Gasteiger partial charge in [0.2, 0.25) is 0 Å². The van der Waals surface area contributed by atoms with Crippen LogP contribution in [-0.2, 0) is 13.0 Å². The number of pyridine rings is 3. The number of nitrogens with zero attached hydrogens (tertiary/aromatic N) is 3. The molecule has 4 rings (SSSR count). The number of hydrogen-bond acceptors (Lipinski definition) is 5. The third-order valence-corrected chi connectivity index (χ3v) is 5.90. The van der Waals surface area contributed by atoms with Crippen LogP contribution in [0.3, 0.4) is 0 Å². The number of nitrogens with two attached hydrogens (primary N) is 1. The smallest absolute Gasteiger partial charge is 0.251 e. The summed E-state index contributed by atoms with van der Waals surface area (Å²) < 4.78 is 0. The van der Waals surface area contributed by atoms with Gasteiger partial charge in [-0.2, -0.15) is 0 Å². The molecular formula is C27H29N5O. The van der Waals surface area contributed by atoms with Gasteiger partial charge in [-0.3, -0.25) is 14.8 Å². The van der Waals surface area contributed by atoms with Crippen molar-refractivity contribution in [2.24, 2.45) is 0 Å². The zero-order valence-corrected chi connectivity index (χ0v) is 19.5. The van der Waals surface area contributed by atoms with Crippen molar-refractivity contribution in [1.29, 1.82) is 0 Å². The van der Waals surface area contributed by atoms with Gasteiger partial charge < -0.3 is 11.1 Å². The van der Waals surface area contributed by atoms with Gasteiger partial charge in [0.05, 0.1) is 5.52 Å². The lowest BCUT2D eigenvalue weighted by Gasteiger charge is -2.12. The van der Waals surface area contributed by atoms with E-state index in [9.17, 15) is 4.79 Å². The molecule has 6 nitrogen and oxygen atoms in total. The first-order valence-corrected chi connectivity index (χ1v) is 11.1. The molecule has 168 valence electrons. The summed E-state index contributed by atoms with van der Waals surface area (Å²) in [5.41, 5.74) is 13.4. The topological polar surface area (TPSA) is 93.8 Å². The number of nitrogens with one attached hydrogen (secondary N) is 1. The molecule has 3 aromatic heterocycles. The molecule has 0 radical (unpaired) electrons. The maximum atomic E-state index is 12.8. The number of aryl methyl sites for hydroxylation is 2. The fourth-order valence-corrected chi connectivity index (χ4v) is 3.97. The second-order valence-electron chi connectivity index (χ2n) is 8.77. The Morgan fingerprint density at radius 3 is 2.64 bits per heavy atom. The summed E-state index contributed by atoms with van der Waals surface area (Å²) >= 11 is 0. The maximum Gasteiger partial charge on any atom is 0.251 e. The van der Waals surface area contributed by atoms with Gasteiger partial charge in [0.25, 0.3) is 5.91 Å². The number of fused-ring (bicyclic) bond motifs is 1. The second-order valence-corrected chi connectivity index (χ2v) is 8.77. The number of carbonyl (C=O) groups is 1. The summed E-state index contributed by atoms with van der Waals surface area (Å²) in [5, 5.41) is 4.11. The summed E-state index contributed by atoms with van der Waals surface area (Å²) in [6.45, 7) is 8.61. The van der Waals surface area contributed by atoms with E-state index in [1.807, 2.05) is 38.2 Å². The van der Waals surface area contributed by atoms with E-state index in [2.05, 4.69) is 52.3 Å². The van der Waals surface area contributed by atoms with Crippen LogP contribution >= 0.6 is 0 Å². The molecule has 3 heterocycles. The Morgan fingerprint density at radius 2 is 1.88 bits per heavy atom. The van der Waals surface area contributed by atoms with Crippen LogP contribution in [0.15, 0.2) is 54.9 Å². The Hall–Kier alpha value is -3.80. The number of benzene rings is 1. The molecule has 0 bridgehead atoms. The summed E-state index contributed by atoms with van der Waals surface area (Å²) in [7, 11) is 0. The van der Waals surface area contributed by atoms with Crippen molar-refractivity contribution >= 4 is 22.6 Å². The fourth-order valence-electron chi connectivity index (χ4n) is 3.97. The minimum Gasteiger partial charge on any atom is -0.384 e. The molecule has 0 unspecified atom stereocenters. The van der Waals surface area contributed by atoms with Crippen molar-refractivity contribution in [2.75, 3.05) is 5.73 Å². The number of anilines is 1. The van der Waals surface area contributed by atoms with E-state index in [-0.39, 0.29) is 5.91 Å². The fraction of sp³-hybridized carbons (Fsp3) is 0.259. The minimum absolute atomic E-state index is 0.140. The lowest BCUT2D eigenvalue weighted by molar-refractivity contribution is 0.0950. The summed E-state index contributed by atoms with van der Waals surface area (Å²) in [4.78, 5) is 26.1. The summed E-state index contributed by atoms with van der Waals surface area (Å²) in [5.74, 6) is 0.779. The van der Waals surface area contributed by atoms with E-state index in [1.165, 1.54) is 5.56 Å². The Labute approximate surface area is 194 Å². The molecule has 0 aliphatic carbocycles. The Kier molecular flexibility index (Phi) is 6.36. The van der Waals surface area contributed by atoms with E-state index >= 15 is 0 Å². The van der Waals surface area contributed by atoms with Gasteiger partial charge in [0.1, 0.15) is 5.82 Å². The van der Waals surface area contributed by atoms with Gasteiger partial charge >= 0.3 is 0 Å². The normalized spacial score (nSPS) is 11.2. The molecule has 0 atom stereocenters. The Bertz CT molecular complexity index is 1310. The van der Waals surface area contributed by atoms with Crippen molar-refractivity contribution in [3.63, 3.8) is 0 Å². The largest absolute Gasteiger partial charge is 0.384 e. The number of aromatic nitrogens is 3. The molecule has 0 aliphatic heterocycles. The molecule has 0 aliphatic rings. The van der Waals surface area contributed by atoms with Gasteiger partial charge in [-0.1, -0.05) is 19.9 Å². The van der Waals surface area contributed by atoms with Crippen LogP contribution in [0.1, 0.15) is 63.8 Å². The van der Waals surface area contributed by atoms with E-state index < -0.39 is 0 Å². The molecule has 6 heteroatoms. The average molecular weight is 440 g/mol. The quantitative estimate of drug-likeness (QED) is 0.447. The highest BCUT2D eigenvalue weighted by Gasteiger charge is 2.11.